The number of hydrogen-bond acceptors (Lipinski definition) is 5. The fraction of sp³-hybridized carbons (Fsp3) is 0.200. The lowest BCUT2D eigenvalue weighted by Gasteiger charge is -2.29. The lowest BCUT2D eigenvalue weighted by atomic mass is 10.1. The number of aromatic nitrogens is 2. The summed E-state index contributed by atoms with van der Waals surface area (Å²) in [4.78, 5) is 49.7. The van der Waals surface area contributed by atoms with Gasteiger partial charge >= 0.3 is 0 Å². The van der Waals surface area contributed by atoms with Crippen LogP contribution in [0.15, 0.2) is 89.7 Å². The van der Waals surface area contributed by atoms with Crippen molar-refractivity contribution in [1.29, 1.82) is 0 Å². The molecule has 0 saturated carbocycles. The lowest BCUT2D eigenvalue weighted by Crippen LogP contribution is -2.40. The van der Waals surface area contributed by atoms with Crippen LogP contribution in [-0.2, 0) is 0 Å². The Morgan fingerprint density at radius 3 is 1.76 bits per heavy atom. The van der Waals surface area contributed by atoms with Crippen molar-refractivity contribution in [3.8, 4) is 17.1 Å². The Hall–Kier alpha value is -4.52. The molecule has 5 rings (SSSR count). The Labute approximate surface area is 215 Å². The predicted molar refractivity (Wildman–Crippen MR) is 146 cm³/mol. The molecule has 0 unspecified atom stereocenters. The summed E-state index contributed by atoms with van der Waals surface area (Å²) < 4.78 is 1.49. The van der Waals surface area contributed by atoms with Crippen molar-refractivity contribution in [2.24, 2.45) is 0 Å². The minimum Gasteiger partial charge on any atom is -0.355 e. The first kappa shape index (κ1) is 24.2. The van der Waals surface area contributed by atoms with Crippen molar-refractivity contribution < 1.29 is 9.59 Å². The molecule has 0 saturated heterocycles. The van der Waals surface area contributed by atoms with Crippen molar-refractivity contribution in [3.63, 3.8) is 0 Å². The third-order valence-electron chi connectivity index (χ3n) is 6.39. The van der Waals surface area contributed by atoms with Crippen LogP contribution in [0.25, 0.3) is 17.1 Å². The molecule has 3 aromatic carbocycles. The van der Waals surface area contributed by atoms with Gasteiger partial charge in [0, 0.05) is 18.7 Å². The van der Waals surface area contributed by atoms with E-state index in [0.29, 0.717) is 30.4 Å². The van der Waals surface area contributed by atoms with Crippen LogP contribution in [0, 0.1) is 0 Å². The van der Waals surface area contributed by atoms with Crippen molar-refractivity contribution >= 4 is 23.3 Å². The van der Waals surface area contributed by atoms with Crippen molar-refractivity contribution in [2.45, 2.75) is 26.7 Å². The zero-order valence-electron chi connectivity index (χ0n) is 20.9. The number of rotatable bonds is 8. The molecular weight excluding hydrogens is 464 g/mol. The van der Waals surface area contributed by atoms with Gasteiger partial charge in [0.15, 0.2) is 11.5 Å². The second-order valence-electron chi connectivity index (χ2n) is 8.93. The fourth-order valence-corrected chi connectivity index (χ4v) is 4.77. The topological polar surface area (TPSA) is 75.5 Å². The first-order chi connectivity index (χ1) is 18.1. The highest BCUT2D eigenvalue weighted by atomic mass is 16.2. The summed E-state index contributed by atoms with van der Waals surface area (Å²) in [7, 11) is 0. The average molecular weight is 493 g/mol. The summed E-state index contributed by atoms with van der Waals surface area (Å²) >= 11 is 0. The lowest BCUT2D eigenvalue weighted by molar-refractivity contribution is 0.0925. The number of amides is 2. The predicted octanol–water partition coefficient (Wildman–Crippen LogP) is 5.33. The minimum atomic E-state index is -0.513. The molecule has 0 radical (unpaired) electrons. The molecule has 2 heterocycles. The Bertz CT molecular complexity index is 1470. The van der Waals surface area contributed by atoms with Gasteiger partial charge in [0.25, 0.3) is 17.4 Å². The maximum atomic E-state index is 14.5. The van der Waals surface area contributed by atoms with E-state index in [1.807, 2.05) is 79.4 Å². The van der Waals surface area contributed by atoms with Gasteiger partial charge in [-0.2, -0.15) is 0 Å². The van der Waals surface area contributed by atoms with E-state index in [-0.39, 0.29) is 16.8 Å². The molecule has 7 nitrogen and oxygen atoms in total. The fourth-order valence-electron chi connectivity index (χ4n) is 4.77. The van der Waals surface area contributed by atoms with Gasteiger partial charge in [-0.3, -0.25) is 19.0 Å². The summed E-state index contributed by atoms with van der Waals surface area (Å²) in [5.41, 5.74) is 1.44. The molecule has 1 aliphatic heterocycles. The SMILES string of the molecule is CCCN(CCC)c1nc(-c2ccccc2)n(-c2ccccc2)c(=O)c1N1C(=O)c2ccccc2C1=O. The Balaban J connectivity index is 1.86. The van der Waals surface area contributed by atoms with Gasteiger partial charge < -0.3 is 4.90 Å². The van der Waals surface area contributed by atoms with Crippen LogP contribution in [0.3, 0.4) is 0 Å². The molecule has 0 bridgehead atoms. The molecule has 0 aliphatic carbocycles. The number of nitrogens with zero attached hydrogens (tertiary/aromatic N) is 4. The van der Waals surface area contributed by atoms with E-state index in [4.69, 9.17) is 4.98 Å². The van der Waals surface area contributed by atoms with Crippen LogP contribution in [0.1, 0.15) is 47.4 Å². The van der Waals surface area contributed by atoms with Gasteiger partial charge in [0.1, 0.15) is 5.82 Å². The number of benzene rings is 3. The van der Waals surface area contributed by atoms with Gasteiger partial charge in [0.05, 0.1) is 16.8 Å². The number of carbonyl (C=O) groups excluding carboxylic acids is 2. The van der Waals surface area contributed by atoms with Crippen molar-refractivity contribution in [2.75, 3.05) is 22.9 Å². The second kappa shape index (κ2) is 10.2. The minimum absolute atomic E-state index is 0.0170. The van der Waals surface area contributed by atoms with Crippen molar-refractivity contribution in [3.05, 3.63) is 106 Å². The molecular formula is C30H28N4O3. The number of para-hydroxylation sites is 1. The molecule has 4 aromatic rings. The number of fused-ring (bicyclic) bond motifs is 1. The van der Waals surface area contributed by atoms with Crippen LogP contribution < -0.4 is 15.4 Å². The molecule has 1 aliphatic rings. The number of imide groups is 1. The highest BCUT2D eigenvalue weighted by Crippen LogP contribution is 2.34. The van der Waals surface area contributed by atoms with E-state index >= 15 is 0 Å². The Morgan fingerprint density at radius 2 is 1.22 bits per heavy atom. The van der Waals surface area contributed by atoms with Crippen LogP contribution in [0.2, 0.25) is 0 Å². The zero-order chi connectivity index (χ0) is 25.9. The average Bonchev–Trinajstić information content (AvgIpc) is 3.18. The highest BCUT2D eigenvalue weighted by Gasteiger charge is 2.41. The van der Waals surface area contributed by atoms with E-state index in [1.54, 1.807) is 24.3 Å². The molecule has 1 aromatic heterocycles. The monoisotopic (exact) mass is 492 g/mol. The van der Waals surface area contributed by atoms with E-state index < -0.39 is 17.4 Å². The zero-order valence-corrected chi connectivity index (χ0v) is 20.9. The first-order valence-corrected chi connectivity index (χ1v) is 12.6. The van der Waals surface area contributed by atoms with Crippen LogP contribution in [-0.4, -0.2) is 34.5 Å². The van der Waals surface area contributed by atoms with Crippen molar-refractivity contribution in [1.82, 2.24) is 9.55 Å². The molecule has 37 heavy (non-hydrogen) atoms. The Kier molecular flexibility index (Phi) is 6.68. The molecule has 0 spiro atoms. The molecule has 7 heteroatoms. The summed E-state index contributed by atoms with van der Waals surface area (Å²) in [5, 5.41) is 0. The standard InChI is InChI=1S/C30H28N4O3/c1-3-19-32(20-4-2)27-25(34-28(35)23-17-11-12-18-24(23)29(34)36)30(37)33(22-15-9-6-10-16-22)26(31-27)21-13-7-5-8-14-21/h5-18H,3-4,19-20H2,1-2H3. The molecule has 0 N–H and O–H groups in total. The largest absolute Gasteiger partial charge is 0.355 e. The number of carbonyl (C=O) groups is 2. The Morgan fingerprint density at radius 1 is 0.703 bits per heavy atom. The molecule has 0 fully saturated rings. The van der Waals surface area contributed by atoms with Crippen LogP contribution >= 0.6 is 0 Å². The van der Waals surface area contributed by atoms with E-state index in [9.17, 15) is 14.4 Å². The van der Waals surface area contributed by atoms with E-state index in [2.05, 4.69) is 0 Å². The first-order valence-electron chi connectivity index (χ1n) is 12.6. The van der Waals surface area contributed by atoms with E-state index in [1.165, 1.54) is 4.57 Å². The summed E-state index contributed by atoms with van der Waals surface area (Å²) in [6.07, 6.45) is 1.62. The number of hydrogen-bond donors (Lipinski definition) is 0. The third kappa shape index (κ3) is 4.22. The maximum Gasteiger partial charge on any atom is 0.285 e. The number of anilines is 2. The molecule has 2 amide bonds. The summed E-state index contributed by atoms with van der Waals surface area (Å²) in [6, 6.07) is 25.3. The highest BCUT2D eigenvalue weighted by molar-refractivity contribution is 6.35. The summed E-state index contributed by atoms with van der Waals surface area (Å²) in [5.74, 6) is -0.236. The van der Waals surface area contributed by atoms with Gasteiger partial charge in [0.2, 0.25) is 0 Å². The van der Waals surface area contributed by atoms with Crippen LogP contribution in [0.4, 0.5) is 11.5 Å². The molecule has 186 valence electrons. The quantitative estimate of drug-likeness (QED) is 0.311. The van der Waals surface area contributed by atoms with E-state index in [0.717, 1.165) is 23.3 Å². The normalized spacial score (nSPS) is 12.6. The van der Waals surface area contributed by atoms with Gasteiger partial charge in [-0.05, 0) is 37.1 Å². The van der Waals surface area contributed by atoms with Gasteiger partial charge in [-0.25, -0.2) is 9.88 Å². The molecule has 0 atom stereocenters. The maximum absolute atomic E-state index is 14.5. The summed E-state index contributed by atoms with van der Waals surface area (Å²) in [6.45, 7) is 5.35. The van der Waals surface area contributed by atoms with Crippen LogP contribution in [0.5, 0.6) is 0 Å². The second-order valence-corrected chi connectivity index (χ2v) is 8.93. The smallest absolute Gasteiger partial charge is 0.285 e. The third-order valence-corrected chi connectivity index (χ3v) is 6.39. The van der Waals surface area contributed by atoms with Gasteiger partial charge in [-0.15, -0.1) is 0 Å². The van der Waals surface area contributed by atoms with Gasteiger partial charge in [-0.1, -0.05) is 74.5 Å².